The molecule has 0 aromatic carbocycles. The number of thiophene rings is 1. The van der Waals surface area contributed by atoms with Crippen LogP contribution in [0.1, 0.15) is 17.7 Å². The molecule has 0 bridgehead atoms. The first-order chi connectivity index (χ1) is 11.5. The molecule has 1 aliphatic heterocycles. The molecule has 0 aliphatic carbocycles. The summed E-state index contributed by atoms with van der Waals surface area (Å²) in [5, 5.41) is 0.644. The summed E-state index contributed by atoms with van der Waals surface area (Å²) in [6.45, 7) is 2.38. The zero-order valence-electron chi connectivity index (χ0n) is 13.4. The van der Waals surface area contributed by atoms with Gasteiger partial charge in [0, 0.05) is 37.1 Å². The van der Waals surface area contributed by atoms with E-state index in [1.54, 1.807) is 17.5 Å². The van der Waals surface area contributed by atoms with Gasteiger partial charge in [0.1, 0.15) is 5.82 Å². The van der Waals surface area contributed by atoms with E-state index in [-0.39, 0.29) is 11.8 Å². The maximum Gasteiger partial charge on any atom is 0.225 e. The molecule has 3 rings (SSSR count). The van der Waals surface area contributed by atoms with Crippen molar-refractivity contribution >= 4 is 50.6 Å². The number of piperidine rings is 1. The zero-order valence-corrected chi connectivity index (χ0v) is 16.6. The number of hydrogen-bond donors (Lipinski definition) is 0. The lowest BCUT2D eigenvalue weighted by Gasteiger charge is -2.33. The summed E-state index contributed by atoms with van der Waals surface area (Å²) in [6, 6.07) is 7.88. The predicted molar refractivity (Wildman–Crippen MR) is 103 cm³/mol. The van der Waals surface area contributed by atoms with Crippen LogP contribution in [0, 0.1) is 5.92 Å². The van der Waals surface area contributed by atoms with Gasteiger partial charge in [-0.15, -0.1) is 11.3 Å². The SMILES string of the molecule is CN(Cc1ccc(Br)s1)C(=O)C1CCN(c2ccc(Cl)cn2)CC1. The van der Waals surface area contributed by atoms with E-state index in [9.17, 15) is 4.79 Å². The fourth-order valence-electron chi connectivity index (χ4n) is 2.97. The molecular weight excluding hydrogens is 410 g/mol. The Morgan fingerprint density at radius 1 is 1.38 bits per heavy atom. The minimum Gasteiger partial charge on any atom is -0.357 e. The molecule has 2 aromatic rings. The average molecular weight is 429 g/mol. The van der Waals surface area contributed by atoms with Gasteiger partial charge in [-0.25, -0.2) is 4.98 Å². The van der Waals surface area contributed by atoms with Crippen molar-refractivity contribution in [3.8, 4) is 0 Å². The molecule has 1 saturated heterocycles. The van der Waals surface area contributed by atoms with Crippen molar-refractivity contribution < 1.29 is 4.79 Å². The molecule has 0 unspecified atom stereocenters. The molecule has 1 amide bonds. The quantitative estimate of drug-likeness (QED) is 0.722. The zero-order chi connectivity index (χ0) is 17.1. The molecule has 0 radical (unpaired) electrons. The summed E-state index contributed by atoms with van der Waals surface area (Å²) in [7, 11) is 1.89. The number of rotatable bonds is 4. The van der Waals surface area contributed by atoms with Gasteiger partial charge in [0.05, 0.1) is 15.4 Å². The number of aromatic nitrogens is 1. The van der Waals surface area contributed by atoms with Crippen LogP contribution in [0.4, 0.5) is 5.82 Å². The minimum absolute atomic E-state index is 0.0990. The second-order valence-corrected chi connectivity index (χ2v) is 8.98. The second kappa shape index (κ2) is 7.85. The van der Waals surface area contributed by atoms with Gasteiger partial charge in [0.2, 0.25) is 5.91 Å². The number of amides is 1. The Bertz CT molecular complexity index is 698. The summed E-state index contributed by atoms with van der Waals surface area (Å²) in [5.41, 5.74) is 0. The summed E-state index contributed by atoms with van der Waals surface area (Å²) >= 11 is 11.0. The average Bonchev–Trinajstić information content (AvgIpc) is 3.00. The largest absolute Gasteiger partial charge is 0.357 e. The highest BCUT2D eigenvalue weighted by Gasteiger charge is 2.27. The number of carbonyl (C=O) groups excluding carboxylic acids is 1. The topological polar surface area (TPSA) is 36.4 Å². The number of hydrogen-bond acceptors (Lipinski definition) is 4. The lowest BCUT2D eigenvalue weighted by atomic mass is 9.95. The van der Waals surface area contributed by atoms with E-state index in [0.717, 1.165) is 35.5 Å². The summed E-state index contributed by atoms with van der Waals surface area (Å²) in [4.78, 5) is 22.3. The Morgan fingerprint density at radius 3 is 2.71 bits per heavy atom. The molecule has 0 spiro atoms. The van der Waals surface area contributed by atoms with Gasteiger partial charge in [0.15, 0.2) is 0 Å². The van der Waals surface area contributed by atoms with Crippen LogP contribution in [-0.4, -0.2) is 35.9 Å². The molecule has 24 heavy (non-hydrogen) atoms. The number of pyridine rings is 1. The molecule has 1 aliphatic rings. The summed E-state index contributed by atoms with van der Waals surface area (Å²) in [5.74, 6) is 1.27. The van der Waals surface area contributed by atoms with Crippen molar-refractivity contribution in [2.75, 3.05) is 25.0 Å². The molecule has 1 fully saturated rings. The molecule has 0 saturated carbocycles. The third-order valence-corrected chi connectivity index (χ3v) is 6.11. The van der Waals surface area contributed by atoms with Crippen molar-refractivity contribution in [2.45, 2.75) is 19.4 Å². The smallest absolute Gasteiger partial charge is 0.225 e. The molecule has 0 N–H and O–H groups in total. The highest BCUT2D eigenvalue weighted by atomic mass is 79.9. The monoisotopic (exact) mass is 427 g/mol. The highest BCUT2D eigenvalue weighted by molar-refractivity contribution is 9.11. The first-order valence-electron chi connectivity index (χ1n) is 7.88. The summed E-state index contributed by atoms with van der Waals surface area (Å²) in [6.07, 6.45) is 3.39. The predicted octanol–water partition coefficient (Wildman–Crippen LogP) is 4.43. The van der Waals surface area contributed by atoms with E-state index in [2.05, 4.69) is 31.9 Å². The first kappa shape index (κ1) is 17.7. The lowest BCUT2D eigenvalue weighted by molar-refractivity contribution is -0.135. The van der Waals surface area contributed by atoms with Gasteiger partial charge in [-0.05, 0) is 53.0 Å². The Morgan fingerprint density at radius 2 is 2.12 bits per heavy atom. The van der Waals surface area contributed by atoms with Crippen LogP contribution >= 0.6 is 38.9 Å². The van der Waals surface area contributed by atoms with Crippen LogP contribution in [0.15, 0.2) is 34.2 Å². The van der Waals surface area contributed by atoms with Crippen molar-refractivity contribution in [1.82, 2.24) is 9.88 Å². The molecule has 0 atom stereocenters. The normalized spacial score (nSPS) is 15.5. The van der Waals surface area contributed by atoms with Gasteiger partial charge < -0.3 is 9.80 Å². The number of halogens is 2. The Labute approximate surface area is 159 Å². The van der Waals surface area contributed by atoms with Crippen LogP contribution < -0.4 is 4.90 Å². The van der Waals surface area contributed by atoms with E-state index >= 15 is 0 Å². The number of anilines is 1. The van der Waals surface area contributed by atoms with Crippen molar-refractivity contribution in [3.05, 3.63) is 44.1 Å². The molecule has 2 aromatic heterocycles. The molecule has 4 nitrogen and oxygen atoms in total. The van der Waals surface area contributed by atoms with Gasteiger partial charge in [0.25, 0.3) is 0 Å². The van der Waals surface area contributed by atoms with E-state index in [4.69, 9.17) is 11.6 Å². The van der Waals surface area contributed by atoms with Crippen LogP contribution in [0.25, 0.3) is 0 Å². The van der Waals surface area contributed by atoms with Crippen LogP contribution in [0.2, 0.25) is 5.02 Å². The van der Waals surface area contributed by atoms with Gasteiger partial charge in [-0.2, -0.15) is 0 Å². The maximum atomic E-state index is 12.7. The van der Waals surface area contributed by atoms with Crippen molar-refractivity contribution in [3.63, 3.8) is 0 Å². The Hall–Kier alpha value is -1.11. The lowest BCUT2D eigenvalue weighted by Crippen LogP contribution is -2.41. The third-order valence-electron chi connectivity index (χ3n) is 4.28. The third kappa shape index (κ3) is 4.29. The fraction of sp³-hybridized carbons (Fsp3) is 0.412. The van der Waals surface area contributed by atoms with Crippen LogP contribution in [-0.2, 0) is 11.3 Å². The molecule has 3 heterocycles. The van der Waals surface area contributed by atoms with E-state index in [1.165, 1.54) is 4.88 Å². The van der Waals surface area contributed by atoms with Gasteiger partial charge in [-0.1, -0.05) is 11.6 Å². The Balaban J connectivity index is 1.53. The van der Waals surface area contributed by atoms with E-state index in [1.807, 2.05) is 30.1 Å². The standard InChI is InChI=1S/C17H19BrClN3OS/c1-21(11-14-3-4-15(18)24-14)17(23)12-6-8-22(9-7-12)16-5-2-13(19)10-20-16/h2-5,10,12H,6-9,11H2,1H3. The highest BCUT2D eigenvalue weighted by Crippen LogP contribution is 2.26. The Kier molecular flexibility index (Phi) is 5.79. The molecule has 128 valence electrons. The molecule has 7 heteroatoms. The number of carbonyl (C=O) groups is 1. The van der Waals surface area contributed by atoms with Crippen molar-refractivity contribution in [2.24, 2.45) is 5.92 Å². The fourth-order valence-corrected chi connectivity index (χ4v) is 4.62. The summed E-state index contributed by atoms with van der Waals surface area (Å²) < 4.78 is 1.10. The second-order valence-electron chi connectivity index (χ2n) is 6.00. The minimum atomic E-state index is 0.0990. The van der Waals surface area contributed by atoms with E-state index in [0.29, 0.717) is 11.6 Å². The first-order valence-corrected chi connectivity index (χ1v) is 9.87. The van der Waals surface area contributed by atoms with Gasteiger partial charge in [-0.3, -0.25) is 4.79 Å². The number of nitrogens with zero attached hydrogens (tertiary/aromatic N) is 3. The maximum absolute atomic E-state index is 12.7. The van der Waals surface area contributed by atoms with Gasteiger partial charge >= 0.3 is 0 Å². The molecular formula is C17H19BrClN3OS. The van der Waals surface area contributed by atoms with E-state index < -0.39 is 0 Å². The van der Waals surface area contributed by atoms with Crippen LogP contribution in [0.5, 0.6) is 0 Å². The van der Waals surface area contributed by atoms with Crippen LogP contribution in [0.3, 0.4) is 0 Å². The van der Waals surface area contributed by atoms with Crippen molar-refractivity contribution in [1.29, 1.82) is 0 Å².